The molecule has 120 valence electrons. The third kappa shape index (κ3) is 4.61. The lowest BCUT2D eigenvalue weighted by atomic mass is 10.1. The van der Waals surface area contributed by atoms with E-state index in [-0.39, 0.29) is 18.6 Å². The molecule has 0 aliphatic heterocycles. The zero-order valence-electron chi connectivity index (χ0n) is 13.3. The van der Waals surface area contributed by atoms with E-state index >= 15 is 0 Å². The number of carbonyl (C=O) groups is 2. The summed E-state index contributed by atoms with van der Waals surface area (Å²) >= 11 is 0. The molecule has 2 amide bonds. The Morgan fingerprint density at radius 2 is 1.62 bits per heavy atom. The van der Waals surface area contributed by atoms with Crippen molar-refractivity contribution < 1.29 is 14.7 Å². The van der Waals surface area contributed by atoms with Crippen LogP contribution < -0.4 is 0 Å². The Bertz CT molecular complexity index is 374. The number of urea groups is 1. The molecule has 0 aromatic rings. The van der Waals surface area contributed by atoms with Gasteiger partial charge in [0.1, 0.15) is 6.54 Å². The van der Waals surface area contributed by atoms with Crippen molar-refractivity contribution in [3.05, 3.63) is 0 Å². The topological polar surface area (TPSA) is 60.9 Å². The minimum Gasteiger partial charge on any atom is -0.480 e. The smallest absolute Gasteiger partial charge is 0.323 e. The van der Waals surface area contributed by atoms with Crippen molar-refractivity contribution in [1.29, 1.82) is 0 Å². The van der Waals surface area contributed by atoms with Gasteiger partial charge in [-0.2, -0.15) is 0 Å². The first-order valence-corrected chi connectivity index (χ1v) is 8.28. The molecule has 0 heterocycles. The first-order chi connectivity index (χ1) is 9.99. The van der Waals surface area contributed by atoms with Gasteiger partial charge in [0.25, 0.3) is 0 Å². The van der Waals surface area contributed by atoms with Gasteiger partial charge in [-0.1, -0.05) is 26.7 Å². The van der Waals surface area contributed by atoms with Gasteiger partial charge < -0.3 is 14.9 Å². The van der Waals surface area contributed by atoms with Crippen molar-refractivity contribution in [2.24, 2.45) is 5.92 Å². The van der Waals surface area contributed by atoms with Gasteiger partial charge in [0.05, 0.1) is 0 Å². The van der Waals surface area contributed by atoms with Crippen LogP contribution in [0.5, 0.6) is 0 Å². The molecule has 0 aromatic carbocycles. The Morgan fingerprint density at radius 3 is 2.10 bits per heavy atom. The SMILES string of the molecule is CC(C)CCN(C(=O)N(CC(=O)O)C1CC1)C1CCCC1. The number of carbonyl (C=O) groups excluding carboxylic acids is 1. The lowest BCUT2D eigenvalue weighted by Gasteiger charge is -2.34. The van der Waals surface area contributed by atoms with Gasteiger partial charge in [-0.25, -0.2) is 4.79 Å². The zero-order valence-corrected chi connectivity index (χ0v) is 13.3. The van der Waals surface area contributed by atoms with E-state index in [9.17, 15) is 9.59 Å². The molecule has 2 rings (SSSR count). The van der Waals surface area contributed by atoms with Crippen molar-refractivity contribution >= 4 is 12.0 Å². The Hall–Kier alpha value is -1.26. The molecule has 2 fully saturated rings. The Balaban J connectivity index is 2.05. The summed E-state index contributed by atoms with van der Waals surface area (Å²) in [6.07, 6.45) is 7.36. The Labute approximate surface area is 127 Å². The van der Waals surface area contributed by atoms with Crippen molar-refractivity contribution in [2.45, 2.75) is 70.9 Å². The molecule has 2 saturated carbocycles. The summed E-state index contributed by atoms with van der Waals surface area (Å²) < 4.78 is 0. The van der Waals surface area contributed by atoms with Crippen LogP contribution in [0.4, 0.5) is 4.79 Å². The van der Waals surface area contributed by atoms with Crippen molar-refractivity contribution in [3.8, 4) is 0 Å². The van der Waals surface area contributed by atoms with Crippen LogP contribution in [0.25, 0.3) is 0 Å². The van der Waals surface area contributed by atoms with Crippen LogP contribution in [-0.2, 0) is 4.79 Å². The maximum absolute atomic E-state index is 12.8. The Morgan fingerprint density at radius 1 is 1.05 bits per heavy atom. The molecule has 0 aromatic heterocycles. The molecule has 0 radical (unpaired) electrons. The molecule has 0 spiro atoms. The maximum Gasteiger partial charge on any atom is 0.323 e. The molecule has 0 bridgehead atoms. The zero-order chi connectivity index (χ0) is 15.4. The van der Waals surface area contributed by atoms with Crippen molar-refractivity contribution in [3.63, 3.8) is 0 Å². The number of carboxylic acids is 1. The summed E-state index contributed by atoms with van der Waals surface area (Å²) in [5.41, 5.74) is 0. The predicted octanol–water partition coefficient (Wildman–Crippen LogP) is 2.95. The number of hydrogen-bond donors (Lipinski definition) is 1. The van der Waals surface area contributed by atoms with Crippen molar-refractivity contribution in [1.82, 2.24) is 9.80 Å². The highest BCUT2D eigenvalue weighted by Crippen LogP contribution is 2.30. The molecule has 21 heavy (non-hydrogen) atoms. The number of nitrogens with zero attached hydrogens (tertiary/aromatic N) is 2. The second kappa shape index (κ2) is 7.14. The maximum atomic E-state index is 12.8. The van der Waals surface area contributed by atoms with E-state index in [2.05, 4.69) is 13.8 Å². The largest absolute Gasteiger partial charge is 0.480 e. The summed E-state index contributed by atoms with van der Waals surface area (Å²) in [5.74, 6) is -0.360. The van der Waals surface area contributed by atoms with E-state index < -0.39 is 5.97 Å². The van der Waals surface area contributed by atoms with Crippen molar-refractivity contribution in [2.75, 3.05) is 13.1 Å². The van der Waals surface area contributed by atoms with E-state index in [0.29, 0.717) is 12.0 Å². The Kier molecular flexibility index (Phi) is 5.48. The lowest BCUT2D eigenvalue weighted by Crippen LogP contribution is -2.50. The molecular weight excluding hydrogens is 268 g/mol. The van der Waals surface area contributed by atoms with Gasteiger partial charge in [-0.05, 0) is 38.0 Å². The van der Waals surface area contributed by atoms with E-state index in [4.69, 9.17) is 5.11 Å². The fraction of sp³-hybridized carbons (Fsp3) is 0.875. The van der Waals surface area contributed by atoms with Crippen LogP contribution in [0.1, 0.15) is 58.8 Å². The average molecular weight is 296 g/mol. The summed E-state index contributed by atoms with van der Waals surface area (Å²) in [5, 5.41) is 9.06. The summed E-state index contributed by atoms with van der Waals surface area (Å²) in [7, 11) is 0. The number of carboxylic acid groups (broad SMARTS) is 1. The minimum absolute atomic E-state index is 0.0487. The molecule has 2 aliphatic carbocycles. The molecule has 1 N–H and O–H groups in total. The van der Waals surface area contributed by atoms with Crippen LogP contribution in [0.15, 0.2) is 0 Å². The summed E-state index contributed by atoms with van der Waals surface area (Å²) in [6.45, 7) is 4.92. The van der Waals surface area contributed by atoms with Gasteiger partial charge in [-0.3, -0.25) is 4.79 Å². The van der Waals surface area contributed by atoms with E-state index in [0.717, 1.165) is 38.6 Å². The highest BCUT2D eigenvalue weighted by atomic mass is 16.4. The van der Waals surface area contributed by atoms with Gasteiger partial charge in [-0.15, -0.1) is 0 Å². The molecule has 0 unspecified atom stereocenters. The van der Waals surface area contributed by atoms with Gasteiger partial charge in [0.2, 0.25) is 0 Å². The predicted molar refractivity (Wildman–Crippen MR) is 81.2 cm³/mol. The monoisotopic (exact) mass is 296 g/mol. The van der Waals surface area contributed by atoms with Gasteiger partial charge >= 0.3 is 12.0 Å². The van der Waals surface area contributed by atoms with Gasteiger partial charge in [0, 0.05) is 18.6 Å². The highest BCUT2D eigenvalue weighted by molar-refractivity contribution is 5.81. The first kappa shape index (κ1) is 16.1. The second-order valence-electron chi connectivity index (χ2n) is 6.85. The molecule has 0 atom stereocenters. The lowest BCUT2D eigenvalue weighted by molar-refractivity contribution is -0.137. The van der Waals surface area contributed by atoms with Crippen LogP contribution >= 0.6 is 0 Å². The van der Waals surface area contributed by atoms with Crippen LogP contribution in [-0.4, -0.2) is 52.1 Å². The molecule has 5 heteroatoms. The fourth-order valence-corrected chi connectivity index (χ4v) is 3.10. The number of rotatable bonds is 7. The number of amides is 2. The quantitative estimate of drug-likeness (QED) is 0.785. The molecular formula is C16H28N2O3. The first-order valence-electron chi connectivity index (χ1n) is 8.28. The molecule has 0 saturated heterocycles. The van der Waals surface area contributed by atoms with E-state index in [1.807, 2.05) is 4.90 Å². The van der Waals surface area contributed by atoms with E-state index in [1.54, 1.807) is 4.90 Å². The third-order valence-corrected chi connectivity index (χ3v) is 4.50. The van der Waals surface area contributed by atoms with Crippen LogP contribution in [0.3, 0.4) is 0 Å². The summed E-state index contributed by atoms with van der Waals surface area (Å²) in [6, 6.07) is 0.412. The minimum atomic E-state index is -0.912. The van der Waals surface area contributed by atoms with Crippen LogP contribution in [0, 0.1) is 5.92 Å². The standard InChI is InChI=1S/C16H28N2O3/c1-12(2)9-10-17(13-5-3-4-6-13)16(21)18(11-15(19)20)14-7-8-14/h12-14H,3-11H2,1-2H3,(H,19,20). The average Bonchev–Trinajstić information content (AvgIpc) is 3.11. The second-order valence-corrected chi connectivity index (χ2v) is 6.85. The van der Waals surface area contributed by atoms with Crippen LogP contribution in [0.2, 0.25) is 0 Å². The fourth-order valence-electron chi connectivity index (χ4n) is 3.10. The highest BCUT2D eigenvalue weighted by Gasteiger charge is 2.38. The normalized spacial score (nSPS) is 19.0. The third-order valence-electron chi connectivity index (χ3n) is 4.50. The summed E-state index contributed by atoms with van der Waals surface area (Å²) in [4.78, 5) is 27.4. The number of aliphatic carboxylic acids is 1. The molecule has 5 nitrogen and oxygen atoms in total. The molecule has 2 aliphatic rings. The van der Waals surface area contributed by atoms with Gasteiger partial charge in [0.15, 0.2) is 0 Å². The van der Waals surface area contributed by atoms with E-state index in [1.165, 1.54) is 12.8 Å². The number of hydrogen-bond acceptors (Lipinski definition) is 2.